The first-order valence-corrected chi connectivity index (χ1v) is 6.22. The van der Waals surface area contributed by atoms with Crippen molar-refractivity contribution in [1.29, 1.82) is 0 Å². The molecule has 7 heteroatoms. The van der Waals surface area contributed by atoms with Crippen molar-refractivity contribution in [3.05, 3.63) is 15.8 Å². The molecular formula is C11H18N4O3. The number of hydrogen-bond acceptors (Lipinski definition) is 5. The number of nitrogens with zero attached hydrogens (tertiary/aromatic N) is 3. The predicted octanol–water partition coefficient (Wildman–Crippen LogP) is 1.25. The van der Waals surface area contributed by atoms with Gasteiger partial charge in [-0.15, -0.1) is 0 Å². The summed E-state index contributed by atoms with van der Waals surface area (Å²) >= 11 is 0. The number of aromatic nitrogens is 2. The van der Waals surface area contributed by atoms with Crippen LogP contribution < -0.4 is 10.1 Å². The average Bonchev–Trinajstić information content (AvgIpc) is 2.67. The minimum Gasteiger partial charge on any atom is -0.468 e. The Labute approximate surface area is 105 Å². The minimum atomic E-state index is -0.417. The van der Waals surface area contributed by atoms with Crippen LogP contribution in [-0.4, -0.2) is 33.9 Å². The molecule has 1 aliphatic heterocycles. The molecule has 1 aliphatic rings. The molecule has 7 nitrogen and oxygen atoms in total. The van der Waals surface area contributed by atoms with Gasteiger partial charge in [-0.2, -0.15) is 5.10 Å². The molecule has 1 saturated heterocycles. The largest absolute Gasteiger partial charge is 0.468 e. The summed E-state index contributed by atoms with van der Waals surface area (Å²) in [4.78, 5) is 10.7. The zero-order chi connectivity index (χ0) is 13.1. The third-order valence-electron chi connectivity index (χ3n) is 3.06. The van der Waals surface area contributed by atoms with E-state index in [1.54, 1.807) is 11.6 Å². The summed E-state index contributed by atoms with van der Waals surface area (Å²) in [6, 6.07) is 0. The summed E-state index contributed by atoms with van der Waals surface area (Å²) in [6.07, 6.45) is 1.93. The standard InChI is InChI=1S/C11H18N4O3/c1-3-14-11(10(15(16)17)8(2)13-14)18-9-5-4-6-12-7-9/h9,12H,3-7H2,1-2H3. The molecule has 0 aliphatic carbocycles. The van der Waals surface area contributed by atoms with Gasteiger partial charge in [0.2, 0.25) is 0 Å². The highest BCUT2D eigenvalue weighted by atomic mass is 16.6. The van der Waals surface area contributed by atoms with Crippen molar-refractivity contribution in [2.45, 2.75) is 39.3 Å². The fraction of sp³-hybridized carbons (Fsp3) is 0.727. The van der Waals surface area contributed by atoms with Gasteiger partial charge in [0.1, 0.15) is 11.8 Å². The van der Waals surface area contributed by atoms with E-state index < -0.39 is 4.92 Å². The van der Waals surface area contributed by atoms with Gasteiger partial charge in [-0.1, -0.05) is 0 Å². The van der Waals surface area contributed by atoms with Crippen LogP contribution in [0.2, 0.25) is 0 Å². The molecule has 1 aromatic rings. The second-order valence-electron chi connectivity index (χ2n) is 4.40. The second-order valence-corrected chi connectivity index (χ2v) is 4.40. The van der Waals surface area contributed by atoms with Crippen LogP contribution in [0.4, 0.5) is 5.69 Å². The summed E-state index contributed by atoms with van der Waals surface area (Å²) in [5.41, 5.74) is 0.392. The molecule has 1 fully saturated rings. The molecule has 1 atom stereocenters. The van der Waals surface area contributed by atoms with Crippen LogP contribution in [0.5, 0.6) is 5.88 Å². The lowest BCUT2D eigenvalue weighted by molar-refractivity contribution is -0.386. The Morgan fingerprint density at radius 2 is 2.44 bits per heavy atom. The maximum absolute atomic E-state index is 11.1. The van der Waals surface area contributed by atoms with Crippen LogP contribution in [0.25, 0.3) is 0 Å². The number of rotatable bonds is 4. The van der Waals surface area contributed by atoms with Gasteiger partial charge >= 0.3 is 5.69 Å². The third kappa shape index (κ3) is 2.45. The Balaban J connectivity index is 2.26. The van der Waals surface area contributed by atoms with Crippen molar-refractivity contribution >= 4 is 5.69 Å². The Morgan fingerprint density at radius 1 is 1.67 bits per heavy atom. The molecule has 0 spiro atoms. The number of aryl methyl sites for hydroxylation is 2. The van der Waals surface area contributed by atoms with Gasteiger partial charge in [-0.3, -0.25) is 10.1 Å². The topological polar surface area (TPSA) is 82.2 Å². The van der Waals surface area contributed by atoms with Crippen molar-refractivity contribution in [3.8, 4) is 5.88 Å². The van der Waals surface area contributed by atoms with Crippen molar-refractivity contribution in [1.82, 2.24) is 15.1 Å². The third-order valence-corrected chi connectivity index (χ3v) is 3.06. The molecule has 0 aromatic carbocycles. The number of piperidine rings is 1. The fourth-order valence-electron chi connectivity index (χ4n) is 2.17. The molecule has 0 saturated carbocycles. The molecule has 18 heavy (non-hydrogen) atoms. The normalized spacial score (nSPS) is 19.8. The number of nitrogens with one attached hydrogen (secondary N) is 1. The average molecular weight is 254 g/mol. The van der Waals surface area contributed by atoms with E-state index in [0.717, 1.165) is 25.9 Å². The first kappa shape index (κ1) is 12.8. The smallest absolute Gasteiger partial charge is 0.353 e. The van der Waals surface area contributed by atoms with Crippen molar-refractivity contribution < 1.29 is 9.66 Å². The van der Waals surface area contributed by atoms with E-state index in [2.05, 4.69) is 10.4 Å². The molecule has 1 N–H and O–H groups in total. The van der Waals surface area contributed by atoms with Crippen LogP contribution in [0, 0.1) is 17.0 Å². The van der Waals surface area contributed by atoms with Crippen LogP contribution in [0.1, 0.15) is 25.5 Å². The van der Waals surface area contributed by atoms with Gasteiger partial charge in [-0.05, 0) is 33.2 Å². The van der Waals surface area contributed by atoms with Gasteiger partial charge < -0.3 is 10.1 Å². The van der Waals surface area contributed by atoms with Crippen LogP contribution in [0.15, 0.2) is 0 Å². The highest BCUT2D eigenvalue weighted by Crippen LogP contribution is 2.31. The van der Waals surface area contributed by atoms with Crippen molar-refractivity contribution in [2.75, 3.05) is 13.1 Å². The number of nitro groups is 1. The lowest BCUT2D eigenvalue weighted by Gasteiger charge is -2.23. The minimum absolute atomic E-state index is 0.0116. The summed E-state index contributed by atoms with van der Waals surface area (Å²) in [5.74, 6) is 0.286. The summed E-state index contributed by atoms with van der Waals surface area (Å²) < 4.78 is 7.34. The summed E-state index contributed by atoms with van der Waals surface area (Å²) in [7, 11) is 0. The van der Waals surface area contributed by atoms with Gasteiger partial charge in [0.15, 0.2) is 0 Å². The van der Waals surface area contributed by atoms with Crippen molar-refractivity contribution in [2.24, 2.45) is 0 Å². The van der Waals surface area contributed by atoms with Gasteiger partial charge in [0.05, 0.1) is 4.92 Å². The number of ether oxygens (including phenoxy) is 1. The molecule has 1 unspecified atom stereocenters. The Bertz CT molecular complexity index is 438. The summed E-state index contributed by atoms with van der Waals surface area (Å²) in [6.45, 7) is 5.79. The first-order chi connectivity index (χ1) is 8.63. The molecule has 2 heterocycles. The SMILES string of the molecule is CCn1nc(C)c([N+](=O)[O-])c1OC1CCCNC1. The van der Waals surface area contributed by atoms with E-state index in [1.165, 1.54) is 0 Å². The van der Waals surface area contributed by atoms with E-state index in [0.29, 0.717) is 12.2 Å². The molecule has 0 bridgehead atoms. The molecule has 2 rings (SSSR count). The monoisotopic (exact) mass is 254 g/mol. The molecule has 0 amide bonds. The maximum atomic E-state index is 11.1. The van der Waals surface area contributed by atoms with E-state index in [9.17, 15) is 10.1 Å². The zero-order valence-electron chi connectivity index (χ0n) is 10.7. The number of hydrogen-bond donors (Lipinski definition) is 1. The second kappa shape index (κ2) is 5.34. The molecular weight excluding hydrogens is 236 g/mol. The fourth-order valence-corrected chi connectivity index (χ4v) is 2.17. The quantitative estimate of drug-likeness (QED) is 0.646. The van der Waals surface area contributed by atoms with E-state index in [-0.39, 0.29) is 17.7 Å². The van der Waals surface area contributed by atoms with Gasteiger partial charge in [0.25, 0.3) is 5.88 Å². The Morgan fingerprint density at radius 3 is 3.00 bits per heavy atom. The van der Waals surface area contributed by atoms with E-state index in [1.807, 2.05) is 6.92 Å². The highest BCUT2D eigenvalue weighted by Gasteiger charge is 2.29. The zero-order valence-corrected chi connectivity index (χ0v) is 10.7. The summed E-state index contributed by atoms with van der Waals surface area (Å²) in [5, 5.41) is 18.4. The first-order valence-electron chi connectivity index (χ1n) is 6.22. The lowest BCUT2D eigenvalue weighted by atomic mass is 10.1. The molecule has 0 radical (unpaired) electrons. The molecule has 1 aromatic heterocycles. The lowest BCUT2D eigenvalue weighted by Crippen LogP contribution is -2.37. The van der Waals surface area contributed by atoms with E-state index >= 15 is 0 Å². The van der Waals surface area contributed by atoms with Crippen LogP contribution >= 0.6 is 0 Å². The van der Waals surface area contributed by atoms with E-state index in [4.69, 9.17) is 4.74 Å². The van der Waals surface area contributed by atoms with Gasteiger partial charge in [0, 0.05) is 13.1 Å². The van der Waals surface area contributed by atoms with Gasteiger partial charge in [-0.25, -0.2) is 4.68 Å². The maximum Gasteiger partial charge on any atom is 0.353 e. The Kier molecular flexibility index (Phi) is 3.81. The van der Waals surface area contributed by atoms with Crippen molar-refractivity contribution in [3.63, 3.8) is 0 Å². The van der Waals surface area contributed by atoms with Crippen LogP contribution in [0.3, 0.4) is 0 Å². The Hall–Kier alpha value is -1.63. The highest BCUT2D eigenvalue weighted by molar-refractivity contribution is 5.45. The van der Waals surface area contributed by atoms with Crippen LogP contribution in [-0.2, 0) is 6.54 Å². The molecule has 100 valence electrons. The predicted molar refractivity (Wildman–Crippen MR) is 65.8 cm³/mol.